The predicted octanol–water partition coefficient (Wildman–Crippen LogP) is 9.04. The number of hydrogen-bond donors (Lipinski definition) is 1. The number of nitrogens with one attached hydrogen (secondary N) is 1. The van der Waals surface area contributed by atoms with Crippen molar-refractivity contribution in [3.05, 3.63) is 94.5 Å². The Kier molecular flexibility index (Phi) is 13.7. The molecule has 0 aliphatic heterocycles. The molecule has 0 bridgehead atoms. The van der Waals surface area contributed by atoms with Crippen LogP contribution in [0, 0.1) is 5.82 Å². The third-order valence-corrected chi connectivity index (χ3v) is 4.70. The van der Waals surface area contributed by atoms with Crippen LogP contribution in [0.1, 0.15) is 37.1 Å². The molecule has 0 aliphatic carbocycles. The number of amides is 1. The Morgan fingerprint density at radius 2 is 1.64 bits per heavy atom. The predicted molar refractivity (Wildman–Crippen MR) is 132 cm³/mol. The fourth-order valence-electron chi connectivity index (χ4n) is 2.68. The van der Waals surface area contributed by atoms with Crippen molar-refractivity contribution in [3.63, 3.8) is 0 Å². The molecule has 39 heavy (non-hydrogen) atoms. The van der Waals surface area contributed by atoms with Gasteiger partial charge >= 0.3 is 24.6 Å². The van der Waals surface area contributed by atoms with Gasteiger partial charge in [-0.25, -0.2) is 26.7 Å². The number of benzene rings is 2. The number of rotatable bonds is 7. The highest BCUT2D eigenvalue weighted by Gasteiger charge is 2.40. The van der Waals surface area contributed by atoms with Crippen molar-refractivity contribution in [2.75, 3.05) is 11.9 Å². The number of pyridine rings is 1. The summed E-state index contributed by atoms with van der Waals surface area (Å²) in [7, 11) is 0. The zero-order valence-electron chi connectivity index (χ0n) is 20.7. The molecule has 1 N–H and O–H groups in total. The van der Waals surface area contributed by atoms with E-state index >= 15 is 0 Å². The van der Waals surface area contributed by atoms with Crippen molar-refractivity contribution in [2.24, 2.45) is 0 Å². The maximum atomic E-state index is 13.0. The van der Waals surface area contributed by atoms with Crippen LogP contribution in [0.3, 0.4) is 0 Å². The molecule has 0 unspecified atom stereocenters. The van der Waals surface area contributed by atoms with E-state index in [9.17, 15) is 39.9 Å². The van der Waals surface area contributed by atoms with E-state index < -0.39 is 54.7 Å². The monoisotopic (exact) mass is 584 g/mol. The lowest BCUT2D eigenvalue weighted by Crippen LogP contribution is -2.29. The van der Waals surface area contributed by atoms with Crippen LogP contribution in [0.5, 0.6) is 0 Å². The Labute approximate surface area is 225 Å². The molecule has 0 atom stereocenters. The van der Waals surface area contributed by atoms with E-state index in [-0.39, 0.29) is 6.07 Å². The molecule has 1 aromatic heterocycles. The first-order valence-electron chi connectivity index (χ1n) is 11.4. The van der Waals surface area contributed by atoms with Gasteiger partial charge in [0.05, 0.1) is 23.6 Å². The van der Waals surface area contributed by atoms with Gasteiger partial charge in [0.1, 0.15) is 5.82 Å². The molecule has 13 heteroatoms. The van der Waals surface area contributed by atoms with Crippen molar-refractivity contribution < 1.29 is 44.7 Å². The summed E-state index contributed by atoms with van der Waals surface area (Å²) in [5.74, 6) is -5.68. The third kappa shape index (κ3) is 12.8. The van der Waals surface area contributed by atoms with E-state index in [4.69, 9.17) is 11.6 Å². The zero-order valence-corrected chi connectivity index (χ0v) is 21.5. The minimum Gasteiger partial charge on any atom is -0.449 e. The summed E-state index contributed by atoms with van der Waals surface area (Å²) in [6, 6.07) is 15.2. The second kappa shape index (κ2) is 15.9. The highest BCUT2D eigenvalue weighted by atomic mass is 35.5. The van der Waals surface area contributed by atoms with Gasteiger partial charge in [-0.2, -0.15) is 13.2 Å². The van der Waals surface area contributed by atoms with E-state index in [0.717, 1.165) is 12.1 Å². The van der Waals surface area contributed by atoms with Gasteiger partial charge in [-0.05, 0) is 35.9 Å². The number of alkyl halides is 7. The van der Waals surface area contributed by atoms with E-state index in [1.807, 2.05) is 44.2 Å². The first-order chi connectivity index (χ1) is 18.3. The topological polar surface area (TPSA) is 51.2 Å². The second-order valence-electron chi connectivity index (χ2n) is 7.43. The highest BCUT2D eigenvalue weighted by molar-refractivity contribution is 6.30. The molecule has 214 valence electrons. The number of aromatic nitrogens is 1. The van der Waals surface area contributed by atoms with Crippen LogP contribution in [0.4, 0.5) is 45.6 Å². The normalized spacial score (nSPS) is 11.1. The van der Waals surface area contributed by atoms with Crippen LogP contribution in [-0.4, -0.2) is 30.0 Å². The number of carbonyl (C=O) groups is 1. The minimum absolute atomic E-state index is 0.180. The summed E-state index contributed by atoms with van der Waals surface area (Å²) in [6.45, 7) is 2.89. The molecule has 4 nitrogen and oxygen atoms in total. The SMILES string of the molecule is CC.Clc1ccc(Cc2ccccc2)nc1.O=C(Nc1cc(F)cc(C(F)(F)F)c1)OCCC(F)(F)C(F)F. The van der Waals surface area contributed by atoms with Crippen molar-refractivity contribution in [3.8, 4) is 0 Å². The molecule has 0 saturated carbocycles. The van der Waals surface area contributed by atoms with Crippen molar-refractivity contribution in [1.29, 1.82) is 0 Å². The smallest absolute Gasteiger partial charge is 0.416 e. The lowest BCUT2D eigenvalue weighted by Gasteiger charge is -2.15. The Morgan fingerprint density at radius 3 is 2.18 bits per heavy atom. The van der Waals surface area contributed by atoms with Gasteiger partial charge in [0, 0.05) is 24.0 Å². The Morgan fingerprint density at radius 1 is 1.00 bits per heavy atom. The molecule has 0 fully saturated rings. The lowest BCUT2D eigenvalue weighted by atomic mass is 10.1. The van der Waals surface area contributed by atoms with Gasteiger partial charge < -0.3 is 4.74 Å². The molecular weight excluding hydrogens is 560 g/mol. The fourth-order valence-corrected chi connectivity index (χ4v) is 2.80. The average Bonchev–Trinajstić information content (AvgIpc) is 2.86. The van der Waals surface area contributed by atoms with E-state index in [1.54, 1.807) is 11.5 Å². The first kappa shape index (κ1) is 33.6. The number of hydrogen-bond acceptors (Lipinski definition) is 3. The van der Waals surface area contributed by atoms with E-state index in [1.165, 1.54) is 5.56 Å². The first-order valence-corrected chi connectivity index (χ1v) is 11.8. The van der Waals surface area contributed by atoms with Crippen LogP contribution in [0.2, 0.25) is 5.02 Å². The standard InChI is InChI=1S/C12H10ClN.C12H9F8NO2.C2H6/c13-11-6-7-12(14-9-11)8-10-4-2-1-3-5-10;13-7-3-6(12(18,19)20)4-8(5-7)21-10(22)23-2-1-11(16,17)9(14)15;1-2/h1-7,9H,8H2;3-5,9H,1-2H2,(H,21,22);1-2H3. The summed E-state index contributed by atoms with van der Waals surface area (Å²) < 4.78 is 103. The average molecular weight is 585 g/mol. The molecule has 3 aromatic rings. The second-order valence-corrected chi connectivity index (χ2v) is 7.87. The molecule has 3 rings (SSSR count). The Balaban J connectivity index is 0.000000403. The largest absolute Gasteiger partial charge is 0.449 e. The molecule has 0 aliphatic rings. The summed E-state index contributed by atoms with van der Waals surface area (Å²) in [5, 5.41) is 2.36. The van der Waals surface area contributed by atoms with Gasteiger partial charge in [0.25, 0.3) is 0 Å². The van der Waals surface area contributed by atoms with Gasteiger partial charge in [-0.1, -0.05) is 55.8 Å². The molecular formula is C26H25ClF8N2O2. The number of carbonyl (C=O) groups excluding carboxylic acids is 1. The van der Waals surface area contributed by atoms with Crippen LogP contribution in [0.15, 0.2) is 66.9 Å². The summed E-state index contributed by atoms with van der Waals surface area (Å²) in [6.07, 6.45) is -9.25. The maximum Gasteiger partial charge on any atom is 0.416 e. The van der Waals surface area contributed by atoms with Crippen molar-refractivity contribution in [1.82, 2.24) is 4.98 Å². The number of halogens is 9. The zero-order chi connectivity index (χ0) is 29.6. The lowest BCUT2D eigenvalue weighted by molar-refractivity contribution is -0.138. The molecule has 1 heterocycles. The van der Waals surface area contributed by atoms with Gasteiger partial charge in [-0.15, -0.1) is 0 Å². The number of anilines is 1. The van der Waals surface area contributed by atoms with Crippen LogP contribution in [0.25, 0.3) is 0 Å². The summed E-state index contributed by atoms with van der Waals surface area (Å²) in [5.41, 5.74) is 0.280. The van der Waals surface area contributed by atoms with Crippen LogP contribution >= 0.6 is 11.6 Å². The molecule has 0 spiro atoms. The third-order valence-electron chi connectivity index (χ3n) is 4.48. The highest BCUT2D eigenvalue weighted by Crippen LogP contribution is 2.32. The van der Waals surface area contributed by atoms with Gasteiger partial charge in [-0.3, -0.25) is 10.3 Å². The van der Waals surface area contributed by atoms with E-state index in [2.05, 4.69) is 21.9 Å². The van der Waals surface area contributed by atoms with Crippen LogP contribution in [-0.2, 0) is 17.3 Å². The van der Waals surface area contributed by atoms with Gasteiger partial charge in [0.15, 0.2) is 0 Å². The molecule has 1 amide bonds. The summed E-state index contributed by atoms with van der Waals surface area (Å²) >= 11 is 5.75. The van der Waals surface area contributed by atoms with Crippen molar-refractivity contribution >= 4 is 23.4 Å². The molecule has 0 radical (unpaired) electrons. The number of ether oxygens (including phenoxy) is 1. The van der Waals surface area contributed by atoms with Crippen molar-refractivity contribution in [2.45, 2.75) is 45.2 Å². The number of nitrogens with zero attached hydrogens (tertiary/aromatic N) is 1. The maximum absolute atomic E-state index is 13.0. The quantitative estimate of drug-likeness (QED) is 0.282. The van der Waals surface area contributed by atoms with Crippen LogP contribution < -0.4 is 5.32 Å². The Bertz CT molecular complexity index is 1140. The molecule has 0 saturated heterocycles. The summed E-state index contributed by atoms with van der Waals surface area (Å²) in [4.78, 5) is 15.4. The van der Waals surface area contributed by atoms with E-state index in [0.29, 0.717) is 17.2 Å². The van der Waals surface area contributed by atoms with Gasteiger partial charge in [0.2, 0.25) is 0 Å². The fraction of sp³-hybridized carbons (Fsp3) is 0.308. The minimum atomic E-state index is -4.87. The molecule has 2 aromatic carbocycles. The Hall–Kier alpha value is -3.41.